The van der Waals surface area contributed by atoms with E-state index in [2.05, 4.69) is 10.1 Å². The fourth-order valence-electron chi connectivity index (χ4n) is 2.03. The van der Waals surface area contributed by atoms with Crippen LogP contribution >= 0.6 is 0 Å². The number of hydrogen-bond acceptors (Lipinski definition) is 5. The fraction of sp³-hybridized carbons (Fsp3) is 0.167. The van der Waals surface area contributed by atoms with E-state index in [1.807, 2.05) is 5.32 Å². The van der Waals surface area contributed by atoms with Gasteiger partial charge in [-0.05, 0) is 17.7 Å². The lowest BCUT2D eigenvalue weighted by Crippen LogP contribution is -2.36. The molecule has 1 atom stereocenters. The summed E-state index contributed by atoms with van der Waals surface area (Å²) in [6, 6.07) is 9.33. The maximum absolute atomic E-state index is 13.4. The first-order valence-electron chi connectivity index (χ1n) is 7.89. The van der Waals surface area contributed by atoms with Crippen LogP contribution in [0.15, 0.2) is 42.5 Å². The van der Waals surface area contributed by atoms with Gasteiger partial charge in [-0.15, -0.1) is 0 Å². The lowest BCUT2D eigenvalue weighted by atomic mass is 10.1. The number of nitrogens with one attached hydrogen (secondary N) is 2. The Balaban J connectivity index is 1.77. The summed E-state index contributed by atoms with van der Waals surface area (Å²) in [4.78, 5) is 34.9. The Morgan fingerprint density at radius 2 is 1.64 bits per heavy atom. The molecule has 0 spiro atoms. The zero-order chi connectivity index (χ0) is 20.7. The molecule has 0 bridgehead atoms. The smallest absolute Gasteiger partial charge is 0.340 e. The summed E-state index contributed by atoms with van der Waals surface area (Å²) in [6.07, 6.45) is -1.58. The van der Waals surface area contributed by atoms with Gasteiger partial charge in [0.05, 0.1) is 12.2 Å². The highest BCUT2D eigenvalue weighted by Crippen LogP contribution is 2.19. The van der Waals surface area contributed by atoms with E-state index in [-0.39, 0.29) is 5.56 Å². The zero-order valence-corrected chi connectivity index (χ0v) is 14.2. The molecule has 28 heavy (non-hydrogen) atoms. The molecular formula is C18H15F3N2O5. The normalized spacial score (nSPS) is 11.4. The molecule has 2 amide bonds. The van der Waals surface area contributed by atoms with E-state index < -0.39 is 60.2 Å². The molecule has 2 aromatic carbocycles. The predicted octanol–water partition coefficient (Wildman–Crippen LogP) is 1.44. The van der Waals surface area contributed by atoms with Crippen LogP contribution in [0.5, 0.6) is 0 Å². The van der Waals surface area contributed by atoms with E-state index in [0.29, 0.717) is 6.07 Å². The van der Waals surface area contributed by atoms with Crippen LogP contribution in [0.2, 0.25) is 0 Å². The largest absolute Gasteiger partial charge is 0.453 e. The summed E-state index contributed by atoms with van der Waals surface area (Å²) in [5.74, 6) is -7.59. The number of ether oxygens (including phenoxy) is 1. The minimum atomic E-state index is -1.74. The van der Waals surface area contributed by atoms with Crippen molar-refractivity contribution >= 4 is 23.5 Å². The van der Waals surface area contributed by atoms with Crippen LogP contribution in [0.4, 0.5) is 18.9 Å². The number of hydrogen-bond donors (Lipinski definition) is 3. The molecule has 0 aromatic heterocycles. The van der Waals surface area contributed by atoms with Crippen LogP contribution in [0.3, 0.4) is 0 Å². The summed E-state index contributed by atoms with van der Waals surface area (Å²) in [5.41, 5.74) is -0.323. The Morgan fingerprint density at radius 1 is 0.964 bits per heavy atom. The van der Waals surface area contributed by atoms with Gasteiger partial charge < -0.3 is 20.5 Å². The van der Waals surface area contributed by atoms with Crippen LogP contribution in [0, 0.1) is 17.5 Å². The van der Waals surface area contributed by atoms with Crippen LogP contribution in [-0.2, 0) is 19.1 Å². The topological polar surface area (TPSA) is 105 Å². The molecule has 2 aromatic rings. The van der Waals surface area contributed by atoms with Gasteiger partial charge in [0, 0.05) is 0 Å². The molecule has 0 saturated carbocycles. The monoisotopic (exact) mass is 396 g/mol. The molecule has 0 aliphatic heterocycles. The van der Waals surface area contributed by atoms with E-state index in [1.165, 1.54) is 12.1 Å². The number of esters is 1. The average Bonchev–Trinajstić information content (AvgIpc) is 2.71. The van der Waals surface area contributed by atoms with Gasteiger partial charge in [-0.2, -0.15) is 0 Å². The second-order valence-electron chi connectivity index (χ2n) is 5.47. The Bertz CT molecular complexity index is 877. The van der Waals surface area contributed by atoms with Gasteiger partial charge in [-0.25, -0.2) is 18.0 Å². The molecule has 0 heterocycles. The van der Waals surface area contributed by atoms with E-state index >= 15 is 0 Å². The molecule has 7 nitrogen and oxygen atoms in total. The van der Waals surface area contributed by atoms with Gasteiger partial charge >= 0.3 is 5.97 Å². The third-order valence-electron chi connectivity index (χ3n) is 3.44. The number of halogens is 3. The highest BCUT2D eigenvalue weighted by atomic mass is 19.2. The van der Waals surface area contributed by atoms with Crippen LogP contribution < -0.4 is 10.6 Å². The molecule has 0 unspecified atom stereocenters. The van der Waals surface area contributed by atoms with Gasteiger partial charge in [-0.1, -0.05) is 30.3 Å². The van der Waals surface area contributed by atoms with Gasteiger partial charge in [-0.3, -0.25) is 9.59 Å². The first-order valence-corrected chi connectivity index (χ1v) is 7.89. The SMILES string of the molecule is O=C(COC(=O)[C@H](O)c1ccccc1)NCC(=O)Nc1ccc(F)c(F)c1F. The second kappa shape index (κ2) is 9.51. The third kappa shape index (κ3) is 5.55. The highest BCUT2D eigenvalue weighted by molar-refractivity contribution is 5.95. The molecule has 0 aliphatic carbocycles. The van der Waals surface area contributed by atoms with Crippen LogP contribution in [-0.4, -0.2) is 36.0 Å². The van der Waals surface area contributed by atoms with E-state index in [1.54, 1.807) is 18.2 Å². The van der Waals surface area contributed by atoms with Crippen molar-refractivity contribution in [3.63, 3.8) is 0 Å². The molecule has 2 rings (SSSR count). The third-order valence-corrected chi connectivity index (χ3v) is 3.44. The Hall–Kier alpha value is -3.40. The van der Waals surface area contributed by atoms with Gasteiger partial charge in [0.1, 0.15) is 0 Å². The van der Waals surface area contributed by atoms with E-state index in [0.717, 1.165) is 6.07 Å². The second-order valence-corrected chi connectivity index (χ2v) is 5.47. The maximum Gasteiger partial charge on any atom is 0.340 e. The van der Waals surface area contributed by atoms with Gasteiger partial charge in [0.2, 0.25) is 5.91 Å². The van der Waals surface area contributed by atoms with Crippen molar-refractivity contribution < 1.29 is 37.4 Å². The fourth-order valence-corrected chi connectivity index (χ4v) is 2.03. The molecule has 0 fully saturated rings. The Morgan fingerprint density at radius 3 is 2.32 bits per heavy atom. The average molecular weight is 396 g/mol. The summed E-state index contributed by atoms with van der Waals surface area (Å²) >= 11 is 0. The van der Waals surface area contributed by atoms with Crippen molar-refractivity contribution in [1.29, 1.82) is 0 Å². The molecule has 10 heteroatoms. The minimum Gasteiger partial charge on any atom is -0.453 e. The number of aliphatic hydroxyl groups is 1. The van der Waals surface area contributed by atoms with Crippen molar-refractivity contribution in [1.82, 2.24) is 5.32 Å². The number of rotatable bonds is 7. The number of benzene rings is 2. The van der Waals surface area contributed by atoms with E-state index in [4.69, 9.17) is 0 Å². The van der Waals surface area contributed by atoms with Crippen molar-refractivity contribution in [2.24, 2.45) is 0 Å². The first-order chi connectivity index (χ1) is 13.3. The molecule has 3 N–H and O–H groups in total. The molecule has 148 valence electrons. The Kier molecular flexibility index (Phi) is 7.10. The predicted molar refractivity (Wildman–Crippen MR) is 90.3 cm³/mol. The number of aliphatic hydroxyl groups excluding tert-OH is 1. The van der Waals surface area contributed by atoms with Gasteiger partial charge in [0.15, 0.2) is 30.2 Å². The maximum atomic E-state index is 13.4. The van der Waals surface area contributed by atoms with Crippen LogP contribution in [0.1, 0.15) is 11.7 Å². The van der Waals surface area contributed by atoms with Gasteiger partial charge in [0.25, 0.3) is 5.91 Å². The molecular weight excluding hydrogens is 381 g/mol. The molecule has 0 saturated heterocycles. The summed E-state index contributed by atoms with van der Waals surface area (Å²) in [7, 11) is 0. The van der Waals surface area contributed by atoms with Crippen molar-refractivity contribution in [3.8, 4) is 0 Å². The number of anilines is 1. The number of amides is 2. The van der Waals surface area contributed by atoms with Crippen molar-refractivity contribution in [3.05, 3.63) is 65.5 Å². The first kappa shape index (κ1) is 20.9. The van der Waals surface area contributed by atoms with Crippen LogP contribution in [0.25, 0.3) is 0 Å². The number of carbonyl (C=O) groups excluding carboxylic acids is 3. The molecule has 0 aliphatic rings. The lowest BCUT2D eigenvalue weighted by molar-refractivity contribution is -0.157. The zero-order valence-electron chi connectivity index (χ0n) is 14.2. The quantitative estimate of drug-likeness (QED) is 0.485. The van der Waals surface area contributed by atoms with Crippen molar-refractivity contribution in [2.45, 2.75) is 6.10 Å². The summed E-state index contributed by atoms with van der Waals surface area (Å²) in [5, 5.41) is 13.8. The highest BCUT2D eigenvalue weighted by Gasteiger charge is 2.20. The van der Waals surface area contributed by atoms with E-state index in [9.17, 15) is 32.7 Å². The standard InChI is InChI=1S/C18H15F3N2O5/c19-11-6-7-12(16(21)15(11)20)23-13(24)8-22-14(25)9-28-18(27)17(26)10-4-2-1-3-5-10/h1-7,17,26H,8-9H2,(H,22,25)(H,23,24)/t17-/m1/s1. The Labute approximate surface area is 157 Å². The summed E-state index contributed by atoms with van der Waals surface area (Å²) < 4.78 is 44.0. The number of carbonyl (C=O) groups is 3. The van der Waals surface area contributed by atoms with Crippen molar-refractivity contribution in [2.75, 3.05) is 18.5 Å². The summed E-state index contributed by atoms with van der Waals surface area (Å²) in [6.45, 7) is -1.41. The minimum absolute atomic E-state index is 0.279. The lowest BCUT2D eigenvalue weighted by Gasteiger charge is -2.11. The molecule has 0 radical (unpaired) electrons.